The molecule has 0 spiro atoms. The number of carboxylic acid groups (broad SMARTS) is 1. The SMILES string of the molecule is CN1CC[C@@H]2CN(Cc3ccccc3-c3ccccc3)C[C@@H]2C1=O.O=CO. The molecule has 5 heteroatoms. The number of rotatable bonds is 3. The Morgan fingerprint density at radius 2 is 1.74 bits per heavy atom. The highest BCUT2D eigenvalue weighted by Crippen LogP contribution is 2.33. The first-order chi connectivity index (χ1) is 13.1. The summed E-state index contributed by atoms with van der Waals surface area (Å²) < 4.78 is 0. The molecule has 0 radical (unpaired) electrons. The second-order valence-electron chi connectivity index (χ2n) is 7.24. The Kier molecular flexibility index (Phi) is 6.24. The zero-order valence-electron chi connectivity index (χ0n) is 15.6. The van der Waals surface area contributed by atoms with Gasteiger partial charge >= 0.3 is 0 Å². The zero-order chi connectivity index (χ0) is 19.2. The van der Waals surface area contributed by atoms with Gasteiger partial charge in [-0.05, 0) is 29.0 Å². The van der Waals surface area contributed by atoms with E-state index < -0.39 is 0 Å². The van der Waals surface area contributed by atoms with Crippen LogP contribution in [-0.4, -0.2) is 54.0 Å². The predicted octanol–water partition coefficient (Wildman–Crippen LogP) is 2.96. The van der Waals surface area contributed by atoms with E-state index in [-0.39, 0.29) is 12.4 Å². The normalized spacial score (nSPS) is 22.0. The summed E-state index contributed by atoms with van der Waals surface area (Å²) in [4.78, 5) is 25.1. The van der Waals surface area contributed by atoms with E-state index in [2.05, 4.69) is 59.5 Å². The molecule has 2 aromatic carbocycles. The van der Waals surface area contributed by atoms with Crippen molar-refractivity contribution in [2.24, 2.45) is 11.8 Å². The molecule has 0 unspecified atom stereocenters. The fourth-order valence-electron chi connectivity index (χ4n) is 4.21. The molecule has 0 aliphatic carbocycles. The van der Waals surface area contributed by atoms with Gasteiger partial charge in [0.1, 0.15) is 0 Å². The summed E-state index contributed by atoms with van der Waals surface area (Å²) in [5, 5.41) is 6.89. The first-order valence-electron chi connectivity index (χ1n) is 9.32. The van der Waals surface area contributed by atoms with E-state index in [1.54, 1.807) is 0 Å². The molecule has 2 aliphatic heterocycles. The molecule has 2 atom stereocenters. The van der Waals surface area contributed by atoms with Gasteiger partial charge in [-0.1, -0.05) is 54.6 Å². The summed E-state index contributed by atoms with van der Waals surface area (Å²) in [5.41, 5.74) is 3.92. The van der Waals surface area contributed by atoms with E-state index in [9.17, 15) is 4.79 Å². The van der Waals surface area contributed by atoms with E-state index in [1.807, 2.05) is 11.9 Å². The topological polar surface area (TPSA) is 60.9 Å². The van der Waals surface area contributed by atoms with Gasteiger partial charge in [0.2, 0.25) is 5.91 Å². The lowest BCUT2D eigenvalue weighted by Crippen LogP contribution is -2.42. The maximum absolute atomic E-state index is 12.4. The van der Waals surface area contributed by atoms with Crippen molar-refractivity contribution in [3.05, 3.63) is 60.2 Å². The summed E-state index contributed by atoms with van der Waals surface area (Å²) in [5.74, 6) is 1.08. The number of likely N-dealkylation sites (tertiary alicyclic amines) is 2. The lowest BCUT2D eigenvalue weighted by Gasteiger charge is -2.30. The maximum Gasteiger partial charge on any atom is 0.290 e. The van der Waals surface area contributed by atoms with Gasteiger partial charge in [-0.3, -0.25) is 14.5 Å². The van der Waals surface area contributed by atoms with Crippen molar-refractivity contribution in [2.75, 3.05) is 26.7 Å². The molecule has 2 aliphatic rings. The average molecular weight is 366 g/mol. The van der Waals surface area contributed by atoms with Crippen LogP contribution in [-0.2, 0) is 16.1 Å². The van der Waals surface area contributed by atoms with Gasteiger partial charge in [0.25, 0.3) is 6.47 Å². The van der Waals surface area contributed by atoms with Crippen LogP contribution >= 0.6 is 0 Å². The van der Waals surface area contributed by atoms with Gasteiger partial charge in [-0.15, -0.1) is 0 Å². The Balaban J connectivity index is 0.000000659. The molecule has 5 nitrogen and oxygen atoms in total. The maximum atomic E-state index is 12.4. The van der Waals surface area contributed by atoms with Crippen LogP contribution in [0.2, 0.25) is 0 Å². The first kappa shape index (κ1) is 19.1. The number of hydrogen-bond donors (Lipinski definition) is 1. The monoisotopic (exact) mass is 366 g/mol. The smallest absolute Gasteiger partial charge is 0.290 e. The van der Waals surface area contributed by atoms with Crippen molar-refractivity contribution in [1.29, 1.82) is 0 Å². The Bertz CT molecular complexity index is 778. The molecule has 0 saturated carbocycles. The number of fused-ring (bicyclic) bond motifs is 1. The third kappa shape index (κ3) is 4.37. The van der Waals surface area contributed by atoms with Gasteiger partial charge in [-0.25, -0.2) is 0 Å². The summed E-state index contributed by atoms with van der Waals surface area (Å²) in [6.07, 6.45) is 1.14. The highest BCUT2D eigenvalue weighted by molar-refractivity contribution is 5.80. The van der Waals surface area contributed by atoms with Crippen LogP contribution in [0.5, 0.6) is 0 Å². The molecular formula is C22H26N2O3. The van der Waals surface area contributed by atoms with Gasteiger partial charge < -0.3 is 10.0 Å². The van der Waals surface area contributed by atoms with Crippen LogP contribution in [0.25, 0.3) is 11.1 Å². The summed E-state index contributed by atoms with van der Waals surface area (Å²) in [6, 6.07) is 19.2. The van der Waals surface area contributed by atoms with Crippen LogP contribution in [0.3, 0.4) is 0 Å². The molecule has 0 bridgehead atoms. The minimum atomic E-state index is -0.250. The first-order valence-corrected chi connectivity index (χ1v) is 9.32. The molecule has 2 aromatic rings. The molecule has 1 amide bonds. The molecule has 142 valence electrons. The fourth-order valence-corrected chi connectivity index (χ4v) is 4.21. The Hall–Kier alpha value is -2.66. The van der Waals surface area contributed by atoms with E-state index in [1.165, 1.54) is 16.7 Å². The number of carbonyl (C=O) groups is 2. The van der Waals surface area contributed by atoms with Crippen LogP contribution in [0, 0.1) is 11.8 Å². The number of benzene rings is 2. The average Bonchev–Trinajstić information content (AvgIpc) is 3.10. The molecular weight excluding hydrogens is 340 g/mol. The molecule has 27 heavy (non-hydrogen) atoms. The highest BCUT2D eigenvalue weighted by atomic mass is 16.3. The van der Waals surface area contributed by atoms with Gasteiger partial charge in [0.15, 0.2) is 0 Å². The molecule has 2 fully saturated rings. The van der Waals surface area contributed by atoms with Gasteiger partial charge in [0.05, 0.1) is 5.92 Å². The molecule has 4 rings (SSSR count). The molecule has 1 N–H and O–H groups in total. The van der Waals surface area contributed by atoms with E-state index >= 15 is 0 Å². The van der Waals surface area contributed by atoms with Crippen LogP contribution in [0.1, 0.15) is 12.0 Å². The Labute approximate surface area is 160 Å². The summed E-state index contributed by atoms with van der Waals surface area (Å²) in [6.45, 7) is 3.54. The summed E-state index contributed by atoms with van der Waals surface area (Å²) in [7, 11) is 1.94. The number of nitrogens with zero attached hydrogens (tertiary/aromatic N) is 2. The number of hydrogen-bond acceptors (Lipinski definition) is 3. The van der Waals surface area contributed by atoms with Gasteiger partial charge in [0, 0.05) is 33.2 Å². The molecule has 0 aromatic heterocycles. The predicted molar refractivity (Wildman–Crippen MR) is 105 cm³/mol. The standard InChI is InChI=1S/C21H24N2O.CH2O2/c1-22-12-11-18-14-23(15-20(18)21(22)24)13-17-9-5-6-10-19(17)16-7-3-2-4-8-16;2-1-3/h2-10,18,20H,11-15H2,1H3;1H,(H,2,3)/t18-,20+;/m1./s1. The fraction of sp³-hybridized carbons (Fsp3) is 0.364. The third-order valence-corrected chi connectivity index (χ3v) is 5.54. The van der Waals surface area contributed by atoms with Crippen LogP contribution in [0.4, 0.5) is 0 Å². The van der Waals surface area contributed by atoms with Crippen molar-refractivity contribution in [3.8, 4) is 11.1 Å². The quantitative estimate of drug-likeness (QED) is 0.849. The Morgan fingerprint density at radius 1 is 1.07 bits per heavy atom. The second kappa shape index (κ2) is 8.82. The van der Waals surface area contributed by atoms with Crippen molar-refractivity contribution in [1.82, 2.24) is 9.80 Å². The van der Waals surface area contributed by atoms with Gasteiger partial charge in [-0.2, -0.15) is 0 Å². The van der Waals surface area contributed by atoms with Crippen molar-refractivity contribution in [3.63, 3.8) is 0 Å². The number of piperidine rings is 1. The largest absolute Gasteiger partial charge is 0.483 e. The third-order valence-electron chi connectivity index (χ3n) is 5.54. The highest BCUT2D eigenvalue weighted by Gasteiger charge is 2.41. The van der Waals surface area contributed by atoms with Crippen molar-refractivity contribution < 1.29 is 14.7 Å². The second-order valence-corrected chi connectivity index (χ2v) is 7.24. The zero-order valence-corrected chi connectivity index (χ0v) is 15.6. The lowest BCUT2D eigenvalue weighted by atomic mass is 9.88. The minimum absolute atomic E-state index is 0.202. The number of amides is 1. The number of carbonyl (C=O) groups excluding carboxylic acids is 1. The molecule has 2 saturated heterocycles. The minimum Gasteiger partial charge on any atom is -0.483 e. The lowest BCUT2D eigenvalue weighted by molar-refractivity contribution is -0.137. The molecule has 2 heterocycles. The van der Waals surface area contributed by atoms with Crippen molar-refractivity contribution >= 4 is 12.4 Å². The van der Waals surface area contributed by atoms with Crippen molar-refractivity contribution in [2.45, 2.75) is 13.0 Å². The Morgan fingerprint density at radius 3 is 2.48 bits per heavy atom. The van der Waals surface area contributed by atoms with E-state index in [0.717, 1.165) is 32.6 Å². The van der Waals surface area contributed by atoms with Crippen LogP contribution in [0.15, 0.2) is 54.6 Å². The van der Waals surface area contributed by atoms with Crippen LogP contribution < -0.4 is 0 Å². The van der Waals surface area contributed by atoms with E-state index in [0.29, 0.717) is 11.8 Å². The summed E-state index contributed by atoms with van der Waals surface area (Å²) >= 11 is 0. The van der Waals surface area contributed by atoms with E-state index in [4.69, 9.17) is 9.90 Å².